The van der Waals surface area contributed by atoms with Crippen molar-refractivity contribution in [2.75, 3.05) is 26.7 Å². The Morgan fingerprint density at radius 1 is 1.39 bits per heavy atom. The minimum atomic E-state index is -0.419. The number of carbonyl (C=O) groups excluding carboxylic acids is 2. The molecule has 2 atom stereocenters. The van der Waals surface area contributed by atoms with E-state index >= 15 is 0 Å². The van der Waals surface area contributed by atoms with Gasteiger partial charge in [-0.2, -0.15) is 0 Å². The van der Waals surface area contributed by atoms with Crippen molar-refractivity contribution in [3.63, 3.8) is 0 Å². The van der Waals surface area contributed by atoms with E-state index in [1.165, 1.54) is 5.56 Å². The van der Waals surface area contributed by atoms with Crippen molar-refractivity contribution >= 4 is 11.8 Å². The van der Waals surface area contributed by atoms with Gasteiger partial charge >= 0.3 is 0 Å². The molecule has 1 fully saturated rings. The van der Waals surface area contributed by atoms with Crippen LogP contribution < -0.4 is 0 Å². The van der Waals surface area contributed by atoms with Gasteiger partial charge in [0.1, 0.15) is 0 Å². The summed E-state index contributed by atoms with van der Waals surface area (Å²) in [6.45, 7) is 3.39. The highest BCUT2D eigenvalue weighted by atomic mass is 16.3. The van der Waals surface area contributed by atoms with Gasteiger partial charge in [0.25, 0.3) is 0 Å². The van der Waals surface area contributed by atoms with Crippen LogP contribution in [-0.4, -0.2) is 59.5 Å². The van der Waals surface area contributed by atoms with Crippen molar-refractivity contribution in [1.29, 1.82) is 0 Å². The van der Waals surface area contributed by atoms with Gasteiger partial charge in [0.15, 0.2) is 0 Å². The lowest BCUT2D eigenvalue weighted by Gasteiger charge is -2.22. The molecular weight excluding hydrogens is 292 g/mol. The van der Waals surface area contributed by atoms with E-state index in [-0.39, 0.29) is 17.7 Å². The molecule has 5 heteroatoms. The first-order chi connectivity index (χ1) is 11.0. The molecular formula is C18H26N2O3. The first-order valence-electron chi connectivity index (χ1n) is 8.22. The van der Waals surface area contributed by atoms with E-state index in [9.17, 15) is 14.7 Å². The van der Waals surface area contributed by atoms with Crippen LogP contribution in [-0.2, 0) is 16.0 Å². The van der Waals surface area contributed by atoms with Gasteiger partial charge in [-0.15, -0.1) is 0 Å². The summed E-state index contributed by atoms with van der Waals surface area (Å²) in [4.78, 5) is 27.9. The van der Waals surface area contributed by atoms with E-state index in [0.29, 0.717) is 32.5 Å². The fraction of sp³-hybridized carbons (Fsp3) is 0.556. The minimum Gasteiger partial charge on any atom is -0.393 e. The lowest BCUT2D eigenvalue weighted by Crippen LogP contribution is -2.36. The summed E-state index contributed by atoms with van der Waals surface area (Å²) in [6.07, 6.45) is 1.25. The fourth-order valence-corrected chi connectivity index (χ4v) is 2.86. The molecule has 2 unspecified atom stereocenters. The van der Waals surface area contributed by atoms with E-state index in [0.717, 1.165) is 6.42 Å². The number of hydrogen-bond acceptors (Lipinski definition) is 3. The quantitative estimate of drug-likeness (QED) is 0.824. The third kappa shape index (κ3) is 5.06. The van der Waals surface area contributed by atoms with Crippen LogP contribution in [0.1, 0.15) is 25.3 Å². The van der Waals surface area contributed by atoms with Gasteiger partial charge in [-0.25, -0.2) is 0 Å². The highest BCUT2D eigenvalue weighted by molar-refractivity contribution is 5.89. The maximum absolute atomic E-state index is 12.4. The van der Waals surface area contributed by atoms with Gasteiger partial charge in [0.05, 0.1) is 12.0 Å². The Balaban J connectivity index is 1.83. The molecule has 5 nitrogen and oxygen atoms in total. The summed E-state index contributed by atoms with van der Waals surface area (Å²) in [5.41, 5.74) is 1.20. The van der Waals surface area contributed by atoms with E-state index < -0.39 is 6.10 Å². The number of hydrogen-bond donors (Lipinski definition) is 1. The number of nitrogens with zero attached hydrogens (tertiary/aromatic N) is 2. The summed E-state index contributed by atoms with van der Waals surface area (Å²) in [7, 11) is 1.74. The van der Waals surface area contributed by atoms with Gasteiger partial charge in [-0.3, -0.25) is 9.59 Å². The zero-order chi connectivity index (χ0) is 16.8. The summed E-state index contributed by atoms with van der Waals surface area (Å²) in [6, 6.07) is 10.1. The average Bonchev–Trinajstić information content (AvgIpc) is 2.91. The molecule has 0 spiro atoms. The molecule has 0 aliphatic carbocycles. The minimum absolute atomic E-state index is 0.00112. The largest absolute Gasteiger partial charge is 0.393 e. The zero-order valence-electron chi connectivity index (χ0n) is 13.9. The topological polar surface area (TPSA) is 60.9 Å². The Bertz CT molecular complexity index is 530. The number of aliphatic hydroxyl groups is 1. The molecule has 1 aliphatic rings. The van der Waals surface area contributed by atoms with E-state index in [4.69, 9.17) is 0 Å². The Labute approximate surface area is 137 Å². The van der Waals surface area contributed by atoms with Crippen LogP contribution in [0.15, 0.2) is 30.3 Å². The fourth-order valence-electron chi connectivity index (χ4n) is 2.86. The van der Waals surface area contributed by atoms with Crippen molar-refractivity contribution in [3.8, 4) is 0 Å². The predicted molar refractivity (Wildman–Crippen MR) is 88.8 cm³/mol. The monoisotopic (exact) mass is 318 g/mol. The molecule has 1 saturated heterocycles. The molecule has 1 heterocycles. The number of aliphatic hydroxyl groups excluding tert-OH is 1. The second kappa shape index (κ2) is 8.11. The van der Waals surface area contributed by atoms with Crippen LogP contribution in [0.4, 0.5) is 0 Å². The Kier molecular flexibility index (Phi) is 6.16. The van der Waals surface area contributed by atoms with Crippen LogP contribution in [0.3, 0.4) is 0 Å². The number of likely N-dealkylation sites (tertiary alicyclic amines) is 1. The zero-order valence-corrected chi connectivity index (χ0v) is 13.9. The Hall–Kier alpha value is -1.88. The molecule has 2 amide bonds. The Morgan fingerprint density at radius 2 is 2.09 bits per heavy atom. The van der Waals surface area contributed by atoms with E-state index in [1.54, 1.807) is 23.8 Å². The number of carbonyl (C=O) groups is 2. The molecule has 0 radical (unpaired) electrons. The SMILES string of the molecule is CC(O)CCN(C)C(=O)C1CC(=O)N(CCc2ccccc2)C1. The molecule has 0 bridgehead atoms. The molecule has 0 aromatic heterocycles. The van der Waals surface area contributed by atoms with Crippen molar-refractivity contribution in [2.24, 2.45) is 5.92 Å². The third-order valence-electron chi connectivity index (χ3n) is 4.34. The normalized spacial score (nSPS) is 19.0. The van der Waals surface area contributed by atoms with E-state index in [1.807, 2.05) is 30.3 Å². The molecule has 1 aromatic rings. The summed E-state index contributed by atoms with van der Waals surface area (Å²) < 4.78 is 0. The second-order valence-corrected chi connectivity index (χ2v) is 6.37. The Morgan fingerprint density at radius 3 is 2.74 bits per heavy atom. The number of amides is 2. The highest BCUT2D eigenvalue weighted by Crippen LogP contribution is 2.20. The molecule has 1 aromatic carbocycles. The first kappa shape index (κ1) is 17.5. The van der Waals surface area contributed by atoms with Gasteiger partial charge in [0, 0.05) is 33.1 Å². The van der Waals surface area contributed by atoms with Crippen molar-refractivity contribution in [2.45, 2.75) is 32.3 Å². The van der Waals surface area contributed by atoms with Crippen LogP contribution in [0.25, 0.3) is 0 Å². The van der Waals surface area contributed by atoms with Crippen molar-refractivity contribution in [1.82, 2.24) is 9.80 Å². The predicted octanol–water partition coefficient (Wildman–Crippen LogP) is 1.31. The van der Waals surface area contributed by atoms with Crippen molar-refractivity contribution in [3.05, 3.63) is 35.9 Å². The molecule has 2 rings (SSSR count). The highest BCUT2D eigenvalue weighted by Gasteiger charge is 2.35. The second-order valence-electron chi connectivity index (χ2n) is 6.37. The molecule has 126 valence electrons. The smallest absolute Gasteiger partial charge is 0.227 e. The first-order valence-corrected chi connectivity index (χ1v) is 8.22. The summed E-state index contributed by atoms with van der Waals surface area (Å²) in [5, 5.41) is 9.31. The van der Waals surface area contributed by atoms with Crippen LogP contribution >= 0.6 is 0 Å². The molecule has 0 saturated carbocycles. The maximum Gasteiger partial charge on any atom is 0.227 e. The standard InChI is InChI=1S/C18H26N2O3/c1-14(21)8-10-19(2)18(23)16-12-17(22)20(13-16)11-9-15-6-4-3-5-7-15/h3-7,14,16,21H,8-13H2,1-2H3. The van der Waals surface area contributed by atoms with Crippen LogP contribution in [0.5, 0.6) is 0 Å². The number of benzene rings is 1. The maximum atomic E-state index is 12.4. The lowest BCUT2D eigenvalue weighted by molar-refractivity contribution is -0.134. The average molecular weight is 318 g/mol. The van der Waals surface area contributed by atoms with Crippen molar-refractivity contribution < 1.29 is 14.7 Å². The van der Waals surface area contributed by atoms with E-state index in [2.05, 4.69) is 0 Å². The molecule has 1 aliphatic heterocycles. The summed E-state index contributed by atoms with van der Waals surface area (Å²) in [5.74, 6) is -0.193. The number of rotatable bonds is 7. The van der Waals surface area contributed by atoms with Gasteiger partial charge in [0.2, 0.25) is 11.8 Å². The lowest BCUT2D eigenvalue weighted by atomic mass is 10.1. The third-order valence-corrected chi connectivity index (χ3v) is 4.34. The van der Waals surface area contributed by atoms with Crippen LogP contribution in [0.2, 0.25) is 0 Å². The molecule has 23 heavy (non-hydrogen) atoms. The molecule has 1 N–H and O–H groups in total. The van der Waals surface area contributed by atoms with Crippen LogP contribution in [0, 0.1) is 5.92 Å². The van der Waals surface area contributed by atoms with Gasteiger partial charge in [-0.1, -0.05) is 30.3 Å². The van der Waals surface area contributed by atoms with Gasteiger partial charge < -0.3 is 14.9 Å². The van der Waals surface area contributed by atoms with Gasteiger partial charge in [-0.05, 0) is 25.3 Å². The summed E-state index contributed by atoms with van der Waals surface area (Å²) >= 11 is 0.